The smallest absolute Gasteiger partial charge is 0.215 e. The standard InChI is InChI=1S/C13H19NO3S/c1-11-4-2-5-12(8-11)9-18(16,17)14-10-13(15)6-3-7-13/h2,4-5,8,14-15H,3,6-7,9-10H2,1H3. The van der Waals surface area contributed by atoms with Crippen molar-refractivity contribution in [1.82, 2.24) is 4.72 Å². The molecule has 5 heteroatoms. The summed E-state index contributed by atoms with van der Waals surface area (Å²) in [6.45, 7) is 2.06. The summed E-state index contributed by atoms with van der Waals surface area (Å²) in [5, 5.41) is 9.86. The minimum Gasteiger partial charge on any atom is -0.389 e. The molecule has 1 fully saturated rings. The molecule has 2 N–H and O–H groups in total. The number of benzene rings is 1. The van der Waals surface area contributed by atoms with Gasteiger partial charge in [0.25, 0.3) is 0 Å². The van der Waals surface area contributed by atoms with Crippen LogP contribution in [-0.4, -0.2) is 25.7 Å². The fourth-order valence-corrected chi connectivity index (χ4v) is 3.29. The third-order valence-corrected chi connectivity index (χ3v) is 4.64. The van der Waals surface area contributed by atoms with Crippen LogP contribution in [0.15, 0.2) is 24.3 Å². The molecule has 0 atom stereocenters. The van der Waals surface area contributed by atoms with Gasteiger partial charge >= 0.3 is 0 Å². The molecular formula is C13H19NO3S. The first kappa shape index (κ1) is 13.5. The molecule has 0 unspecified atom stereocenters. The minimum absolute atomic E-state index is 0.0369. The molecule has 18 heavy (non-hydrogen) atoms. The van der Waals surface area contributed by atoms with Crippen molar-refractivity contribution in [3.05, 3.63) is 35.4 Å². The van der Waals surface area contributed by atoms with Crippen molar-refractivity contribution < 1.29 is 13.5 Å². The number of hydrogen-bond donors (Lipinski definition) is 2. The van der Waals surface area contributed by atoms with Crippen LogP contribution in [0.3, 0.4) is 0 Å². The SMILES string of the molecule is Cc1cccc(CS(=O)(=O)NCC2(O)CCC2)c1. The molecule has 4 nitrogen and oxygen atoms in total. The predicted molar refractivity (Wildman–Crippen MR) is 70.6 cm³/mol. The van der Waals surface area contributed by atoms with Crippen LogP contribution in [0.5, 0.6) is 0 Å². The Morgan fingerprint density at radius 1 is 1.39 bits per heavy atom. The molecule has 0 amide bonds. The summed E-state index contributed by atoms with van der Waals surface area (Å²) >= 11 is 0. The minimum atomic E-state index is -3.37. The maximum absolute atomic E-state index is 11.9. The Morgan fingerprint density at radius 3 is 2.67 bits per heavy atom. The van der Waals surface area contributed by atoms with E-state index < -0.39 is 15.6 Å². The maximum atomic E-state index is 11.9. The fourth-order valence-electron chi connectivity index (χ4n) is 2.08. The molecule has 0 aromatic heterocycles. The number of sulfonamides is 1. The van der Waals surface area contributed by atoms with Gasteiger partial charge in [-0.15, -0.1) is 0 Å². The van der Waals surface area contributed by atoms with Crippen LogP contribution < -0.4 is 4.72 Å². The summed E-state index contributed by atoms with van der Waals surface area (Å²) in [6, 6.07) is 7.43. The largest absolute Gasteiger partial charge is 0.389 e. The van der Waals surface area contributed by atoms with Crippen LogP contribution in [0, 0.1) is 6.92 Å². The van der Waals surface area contributed by atoms with Gasteiger partial charge in [0.2, 0.25) is 10.0 Å². The van der Waals surface area contributed by atoms with Crippen LogP contribution in [0.25, 0.3) is 0 Å². The van der Waals surface area contributed by atoms with E-state index in [9.17, 15) is 13.5 Å². The van der Waals surface area contributed by atoms with Gasteiger partial charge in [-0.05, 0) is 31.7 Å². The number of hydrogen-bond acceptors (Lipinski definition) is 3. The molecule has 1 aliphatic carbocycles. The third kappa shape index (κ3) is 3.54. The van der Waals surface area contributed by atoms with Crippen molar-refractivity contribution in [1.29, 1.82) is 0 Å². The summed E-state index contributed by atoms with van der Waals surface area (Å²) < 4.78 is 26.2. The third-order valence-electron chi connectivity index (χ3n) is 3.34. The first-order chi connectivity index (χ1) is 8.39. The Labute approximate surface area is 108 Å². The Hall–Kier alpha value is -0.910. The summed E-state index contributed by atoms with van der Waals surface area (Å²) in [5.41, 5.74) is 0.989. The van der Waals surface area contributed by atoms with Gasteiger partial charge < -0.3 is 5.11 Å². The van der Waals surface area contributed by atoms with Crippen molar-refractivity contribution in [3.63, 3.8) is 0 Å². The second kappa shape index (κ2) is 4.99. The molecule has 1 aromatic rings. The second-order valence-electron chi connectivity index (χ2n) is 5.15. The molecule has 0 spiro atoms. The summed E-state index contributed by atoms with van der Waals surface area (Å²) in [6.07, 6.45) is 2.33. The van der Waals surface area contributed by atoms with Gasteiger partial charge in [-0.2, -0.15) is 0 Å². The Kier molecular flexibility index (Phi) is 3.75. The lowest BCUT2D eigenvalue weighted by atomic mass is 9.81. The van der Waals surface area contributed by atoms with E-state index in [2.05, 4.69) is 4.72 Å². The lowest BCUT2D eigenvalue weighted by Crippen LogP contribution is -2.47. The molecule has 100 valence electrons. The molecule has 1 aromatic carbocycles. The monoisotopic (exact) mass is 269 g/mol. The quantitative estimate of drug-likeness (QED) is 0.847. The zero-order valence-electron chi connectivity index (χ0n) is 10.5. The van der Waals surface area contributed by atoms with Crippen molar-refractivity contribution in [2.75, 3.05) is 6.54 Å². The van der Waals surface area contributed by atoms with Gasteiger partial charge in [-0.3, -0.25) is 0 Å². The molecule has 0 bridgehead atoms. The number of rotatable bonds is 5. The van der Waals surface area contributed by atoms with E-state index in [-0.39, 0.29) is 12.3 Å². The van der Waals surface area contributed by atoms with E-state index in [1.165, 1.54) is 0 Å². The van der Waals surface area contributed by atoms with Gasteiger partial charge in [0.05, 0.1) is 11.4 Å². The summed E-state index contributed by atoms with van der Waals surface area (Å²) in [5.74, 6) is -0.0369. The van der Waals surface area contributed by atoms with Crippen LogP contribution in [0.2, 0.25) is 0 Å². The van der Waals surface area contributed by atoms with Crippen molar-refractivity contribution >= 4 is 10.0 Å². The maximum Gasteiger partial charge on any atom is 0.215 e. The molecule has 0 aliphatic heterocycles. The van der Waals surface area contributed by atoms with Crippen molar-refractivity contribution in [3.8, 4) is 0 Å². The molecule has 1 saturated carbocycles. The lowest BCUT2D eigenvalue weighted by molar-refractivity contribution is -0.0271. The summed E-state index contributed by atoms with van der Waals surface area (Å²) in [7, 11) is -3.37. The van der Waals surface area contributed by atoms with Gasteiger partial charge in [-0.25, -0.2) is 13.1 Å². The zero-order valence-corrected chi connectivity index (χ0v) is 11.3. The number of aliphatic hydroxyl groups is 1. The van der Waals surface area contributed by atoms with E-state index >= 15 is 0 Å². The first-order valence-corrected chi connectivity index (χ1v) is 7.79. The molecule has 2 rings (SSSR count). The van der Waals surface area contributed by atoms with E-state index in [1.54, 1.807) is 6.07 Å². The van der Waals surface area contributed by atoms with Crippen molar-refractivity contribution in [2.45, 2.75) is 37.5 Å². The fraction of sp³-hybridized carbons (Fsp3) is 0.538. The predicted octanol–water partition coefficient (Wildman–Crippen LogP) is 1.33. The van der Waals surface area contributed by atoms with Crippen molar-refractivity contribution in [2.24, 2.45) is 0 Å². The van der Waals surface area contributed by atoms with E-state index in [4.69, 9.17) is 0 Å². The average molecular weight is 269 g/mol. The number of nitrogens with one attached hydrogen (secondary N) is 1. The highest BCUT2D eigenvalue weighted by Crippen LogP contribution is 2.30. The zero-order chi connectivity index (χ0) is 13.2. The molecule has 1 aliphatic rings. The normalized spacial score (nSPS) is 18.3. The van der Waals surface area contributed by atoms with Gasteiger partial charge in [0.1, 0.15) is 0 Å². The Balaban J connectivity index is 1.95. The van der Waals surface area contributed by atoms with Crippen LogP contribution in [0.1, 0.15) is 30.4 Å². The van der Waals surface area contributed by atoms with E-state index in [0.29, 0.717) is 12.8 Å². The highest BCUT2D eigenvalue weighted by molar-refractivity contribution is 7.88. The highest BCUT2D eigenvalue weighted by atomic mass is 32.2. The lowest BCUT2D eigenvalue weighted by Gasteiger charge is -2.36. The number of aryl methyl sites for hydroxylation is 1. The van der Waals surface area contributed by atoms with E-state index in [0.717, 1.165) is 17.5 Å². The molecular weight excluding hydrogens is 250 g/mol. The topological polar surface area (TPSA) is 66.4 Å². The van der Waals surface area contributed by atoms with E-state index in [1.807, 2.05) is 25.1 Å². The molecule has 0 radical (unpaired) electrons. The second-order valence-corrected chi connectivity index (χ2v) is 6.95. The summed E-state index contributed by atoms with van der Waals surface area (Å²) in [4.78, 5) is 0. The van der Waals surface area contributed by atoms with Crippen LogP contribution in [0.4, 0.5) is 0 Å². The first-order valence-electron chi connectivity index (χ1n) is 6.14. The molecule has 0 heterocycles. The highest BCUT2D eigenvalue weighted by Gasteiger charge is 2.35. The average Bonchev–Trinajstić information content (AvgIpc) is 2.23. The van der Waals surface area contributed by atoms with Gasteiger partial charge in [0, 0.05) is 6.54 Å². The van der Waals surface area contributed by atoms with Gasteiger partial charge in [-0.1, -0.05) is 29.8 Å². The van der Waals surface area contributed by atoms with Crippen LogP contribution in [-0.2, 0) is 15.8 Å². The molecule has 0 saturated heterocycles. The van der Waals surface area contributed by atoms with Gasteiger partial charge in [0.15, 0.2) is 0 Å². The Bertz CT molecular complexity index is 521. The van der Waals surface area contributed by atoms with Crippen LogP contribution >= 0.6 is 0 Å². The Morgan fingerprint density at radius 2 is 2.11 bits per heavy atom.